The van der Waals surface area contributed by atoms with Crippen molar-refractivity contribution in [3.8, 4) is 6.07 Å². The van der Waals surface area contributed by atoms with Crippen LogP contribution in [0.5, 0.6) is 0 Å². The van der Waals surface area contributed by atoms with E-state index < -0.39 is 6.10 Å². The Labute approximate surface area is 103 Å². The van der Waals surface area contributed by atoms with Crippen molar-refractivity contribution in [1.82, 2.24) is 4.98 Å². The average Bonchev–Trinajstić information content (AvgIpc) is 2.81. The summed E-state index contributed by atoms with van der Waals surface area (Å²) in [5.74, 6) is 0. The Balaban J connectivity index is 2.39. The van der Waals surface area contributed by atoms with Crippen molar-refractivity contribution in [1.29, 1.82) is 5.26 Å². The highest BCUT2D eigenvalue weighted by atomic mass is 32.2. The summed E-state index contributed by atoms with van der Waals surface area (Å²) in [6, 6.07) is 7.21. The normalized spacial score (nSPS) is 12.1. The van der Waals surface area contributed by atoms with Gasteiger partial charge in [0, 0.05) is 4.90 Å². The van der Waals surface area contributed by atoms with Crippen LogP contribution < -0.4 is 0 Å². The van der Waals surface area contributed by atoms with Crippen molar-refractivity contribution in [2.24, 2.45) is 0 Å². The quantitative estimate of drug-likeness (QED) is 0.901. The number of hydrogen-bond donors (Lipinski definition) is 1. The maximum Gasteiger partial charge on any atom is 0.260 e. The molecule has 0 bridgehead atoms. The van der Waals surface area contributed by atoms with Crippen molar-refractivity contribution in [2.45, 2.75) is 23.1 Å². The molecular formula is C12H10N2O2S. The molecule has 0 fully saturated rings. The molecule has 0 saturated heterocycles. The van der Waals surface area contributed by atoms with Gasteiger partial charge in [-0.25, -0.2) is 4.98 Å². The summed E-state index contributed by atoms with van der Waals surface area (Å²) in [5, 5.41) is 19.0. The number of aliphatic hydroxyl groups is 1. The fraction of sp³-hybridized carbons (Fsp3) is 0.167. The smallest absolute Gasteiger partial charge is 0.260 e. The molecule has 0 aliphatic rings. The maximum atomic E-state index is 9.65. The molecule has 2 rings (SSSR count). The number of benzene rings is 1. The number of rotatable bonds is 3. The third-order valence-corrected chi connectivity index (χ3v) is 3.15. The zero-order valence-corrected chi connectivity index (χ0v) is 9.94. The van der Waals surface area contributed by atoms with E-state index in [4.69, 9.17) is 9.68 Å². The molecule has 86 valence electrons. The van der Waals surface area contributed by atoms with Gasteiger partial charge in [-0.1, -0.05) is 6.07 Å². The summed E-state index contributed by atoms with van der Waals surface area (Å²) >= 11 is 1.29. The lowest BCUT2D eigenvalue weighted by atomic mass is 10.1. The van der Waals surface area contributed by atoms with Crippen molar-refractivity contribution >= 4 is 11.8 Å². The van der Waals surface area contributed by atoms with E-state index in [2.05, 4.69) is 11.1 Å². The van der Waals surface area contributed by atoms with Crippen molar-refractivity contribution in [2.75, 3.05) is 0 Å². The van der Waals surface area contributed by atoms with Gasteiger partial charge < -0.3 is 9.52 Å². The zero-order chi connectivity index (χ0) is 12.3. The summed E-state index contributed by atoms with van der Waals surface area (Å²) in [4.78, 5) is 4.78. The predicted octanol–water partition coefficient (Wildman–Crippen LogP) is 2.75. The fourth-order valence-electron chi connectivity index (χ4n) is 1.39. The van der Waals surface area contributed by atoms with Crippen LogP contribution in [0.4, 0.5) is 0 Å². The molecule has 0 radical (unpaired) electrons. The molecule has 5 heteroatoms. The lowest BCUT2D eigenvalue weighted by Crippen LogP contribution is -1.94. The predicted molar refractivity (Wildman–Crippen MR) is 62.4 cm³/mol. The standard InChI is InChI=1S/C12H10N2O2S/c1-8(15)10-3-2-9(7-13)6-11(10)17-12-14-4-5-16-12/h2-6,8,15H,1H3/t8-/m1/s1. The van der Waals surface area contributed by atoms with E-state index in [0.29, 0.717) is 10.8 Å². The van der Waals surface area contributed by atoms with E-state index in [-0.39, 0.29) is 0 Å². The molecule has 1 N–H and O–H groups in total. The van der Waals surface area contributed by atoms with Crippen LogP contribution in [-0.4, -0.2) is 10.1 Å². The third-order valence-electron chi connectivity index (χ3n) is 2.20. The van der Waals surface area contributed by atoms with Gasteiger partial charge in [0.25, 0.3) is 5.22 Å². The number of aromatic nitrogens is 1. The summed E-state index contributed by atoms with van der Waals surface area (Å²) in [7, 11) is 0. The summed E-state index contributed by atoms with van der Waals surface area (Å²) in [6.45, 7) is 1.68. The lowest BCUT2D eigenvalue weighted by molar-refractivity contribution is 0.196. The highest BCUT2D eigenvalue weighted by Gasteiger charge is 2.12. The van der Waals surface area contributed by atoms with Crippen LogP contribution in [0.15, 0.2) is 45.2 Å². The molecule has 1 atom stereocenters. The molecule has 1 aromatic carbocycles. The van der Waals surface area contributed by atoms with E-state index in [1.165, 1.54) is 18.0 Å². The van der Waals surface area contributed by atoms with Crippen molar-refractivity contribution < 1.29 is 9.52 Å². The second kappa shape index (κ2) is 5.04. The minimum Gasteiger partial charge on any atom is -0.440 e. The van der Waals surface area contributed by atoms with Crippen LogP contribution in [0.2, 0.25) is 0 Å². The lowest BCUT2D eigenvalue weighted by Gasteiger charge is -2.10. The van der Waals surface area contributed by atoms with E-state index in [0.717, 1.165) is 10.5 Å². The van der Waals surface area contributed by atoms with Crippen LogP contribution in [0, 0.1) is 11.3 Å². The van der Waals surface area contributed by atoms with Gasteiger partial charge in [0.05, 0.1) is 23.9 Å². The van der Waals surface area contributed by atoms with Crippen molar-refractivity contribution in [3.63, 3.8) is 0 Å². The topological polar surface area (TPSA) is 70.0 Å². The number of hydrogen-bond acceptors (Lipinski definition) is 5. The van der Waals surface area contributed by atoms with Gasteiger partial charge in [-0.3, -0.25) is 0 Å². The molecular weight excluding hydrogens is 236 g/mol. The number of nitriles is 1. The van der Waals surface area contributed by atoms with Crippen LogP contribution in [0.1, 0.15) is 24.2 Å². The van der Waals surface area contributed by atoms with Gasteiger partial charge in [-0.2, -0.15) is 5.26 Å². The first-order valence-corrected chi connectivity index (χ1v) is 5.82. The fourth-order valence-corrected chi connectivity index (χ4v) is 2.34. The SMILES string of the molecule is C[C@@H](O)c1ccc(C#N)cc1Sc1ncco1. The summed E-state index contributed by atoms with van der Waals surface area (Å²) < 4.78 is 5.13. The van der Waals surface area contributed by atoms with Crippen LogP contribution in [0.3, 0.4) is 0 Å². The molecule has 0 amide bonds. The van der Waals surface area contributed by atoms with Crippen molar-refractivity contribution in [3.05, 3.63) is 41.8 Å². The Morgan fingerprint density at radius 3 is 2.94 bits per heavy atom. The Hall–Kier alpha value is -1.77. The Bertz CT molecular complexity index is 544. The van der Waals surface area contributed by atoms with E-state index >= 15 is 0 Å². The first kappa shape index (κ1) is 11.7. The summed E-state index contributed by atoms with van der Waals surface area (Å²) in [5.41, 5.74) is 1.30. The molecule has 0 spiro atoms. The largest absolute Gasteiger partial charge is 0.440 e. The zero-order valence-electron chi connectivity index (χ0n) is 9.12. The van der Waals surface area contributed by atoms with Gasteiger partial charge in [-0.05, 0) is 36.4 Å². The van der Waals surface area contributed by atoms with Gasteiger partial charge in [0.2, 0.25) is 0 Å². The van der Waals surface area contributed by atoms with Crippen LogP contribution in [0.25, 0.3) is 0 Å². The molecule has 1 heterocycles. The van der Waals surface area contributed by atoms with Gasteiger partial charge in [-0.15, -0.1) is 0 Å². The summed E-state index contributed by atoms with van der Waals surface area (Å²) in [6.07, 6.45) is 2.44. The first-order valence-electron chi connectivity index (χ1n) is 5.00. The molecule has 2 aromatic rings. The maximum absolute atomic E-state index is 9.65. The minimum absolute atomic E-state index is 0.488. The Morgan fingerprint density at radius 2 is 2.35 bits per heavy atom. The molecule has 0 unspecified atom stereocenters. The van der Waals surface area contributed by atoms with Gasteiger partial charge in [0.15, 0.2) is 0 Å². The van der Waals surface area contributed by atoms with Gasteiger partial charge in [0.1, 0.15) is 6.26 Å². The molecule has 0 aliphatic carbocycles. The highest BCUT2D eigenvalue weighted by molar-refractivity contribution is 7.99. The average molecular weight is 246 g/mol. The monoisotopic (exact) mass is 246 g/mol. The molecule has 4 nitrogen and oxygen atoms in total. The molecule has 0 aliphatic heterocycles. The second-order valence-electron chi connectivity index (χ2n) is 3.44. The molecule has 17 heavy (non-hydrogen) atoms. The first-order chi connectivity index (χ1) is 8.20. The minimum atomic E-state index is -0.597. The van der Waals surface area contributed by atoms with E-state index in [9.17, 15) is 5.11 Å². The second-order valence-corrected chi connectivity index (χ2v) is 4.43. The van der Waals surface area contributed by atoms with Gasteiger partial charge >= 0.3 is 0 Å². The number of aliphatic hydroxyl groups excluding tert-OH is 1. The molecule has 0 saturated carbocycles. The van der Waals surface area contributed by atoms with E-state index in [1.54, 1.807) is 31.3 Å². The van der Waals surface area contributed by atoms with Crippen LogP contribution >= 0.6 is 11.8 Å². The highest BCUT2D eigenvalue weighted by Crippen LogP contribution is 2.33. The van der Waals surface area contributed by atoms with E-state index in [1.807, 2.05) is 0 Å². The Kier molecular flexibility index (Phi) is 3.47. The third kappa shape index (κ3) is 2.67. The number of nitrogens with zero attached hydrogens (tertiary/aromatic N) is 2. The molecule has 1 aromatic heterocycles. The Morgan fingerprint density at radius 1 is 1.53 bits per heavy atom. The number of oxazole rings is 1. The van der Waals surface area contributed by atoms with Crippen LogP contribution in [-0.2, 0) is 0 Å².